The third-order valence-electron chi connectivity index (χ3n) is 5.59. The maximum absolute atomic E-state index is 13.6. The zero-order valence-corrected chi connectivity index (χ0v) is 22.5. The van der Waals surface area contributed by atoms with Gasteiger partial charge in [0.25, 0.3) is 0 Å². The Morgan fingerprint density at radius 3 is 1.54 bits per heavy atom. The number of alkyl halides is 3. The molecule has 0 spiro atoms. The van der Waals surface area contributed by atoms with Gasteiger partial charge >= 0.3 is 6.18 Å². The zero-order chi connectivity index (χ0) is 28.5. The quantitative estimate of drug-likeness (QED) is 0.426. The van der Waals surface area contributed by atoms with Crippen molar-refractivity contribution in [1.29, 1.82) is 0 Å². The van der Waals surface area contributed by atoms with Crippen LogP contribution in [0.15, 0.2) is 36.4 Å². The monoisotopic (exact) mass is 520 g/mol. The van der Waals surface area contributed by atoms with Crippen LogP contribution in [0.4, 0.5) is 18.9 Å². The Bertz CT molecular complexity index is 1110. The lowest BCUT2D eigenvalue weighted by Crippen LogP contribution is -2.28. The number of aryl methyl sites for hydroxylation is 2. The van der Waals surface area contributed by atoms with Crippen LogP contribution in [-0.4, -0.2) is 35.6 Å². The van der Waals surface area contributed by atoms with Gasteiger partial charge in [-0.1, -0.05) is 57.5 Å². The second kappa shape index (κ2) is 13.7. The molecule has 2 fully saturated rings. The molecule has 6 nitrogen and oxygen atoms in total. The lowest BCUT2D eigenvalue weighted by Gasteiger charge is -2.20. The summed E-state index contributed by atoms with van der Waals surface area (Å²) in [5.41, 5.74) is 1.31. The number of hydrogen-bond donors (Lipinski definition) is 0. The van der Waals surface area contributed by atoms with E-state index in [0.717, 1.165) is 22.1 Å². The highest BCUT2D eigenvalue weighted by Gasteiger charge is 2.37. The molecule has 0 aliphatic carbocycles. The molecular formula is C28H35F3N2O4. The van der Waals surface area contributed by atoms with Crippen molar-refractivity contribution in [2.45, 2.75) is 73.4 Å². The van der Waals surface area contributed by atoms with Crippen LogP contribution < -0.4 is 4.90 Å². The Hall–Kier alpha value is -3.49. The molecule has 0 aromatic heterocycles. The van der Waals surface area contributed by atoms with Crippen molar-refractivity contribution in [2.24, 2.45) is 0 Å². The van der Waals surface area contributed by atoms with Crippen LogP contribution >= 0.6 is 0 Å². The van der Waals surface area contributed by atoms with Gasteiger partial charge in [0.1, 0.15) is 0 Å². The van der Waals surface area contributed by atoms with Crippen LogP contribution in [0.2, 0.25) is 0 Å². The summed E-state index contributed by atoms with van der Waals surface area (Å²) in [6.07, 6.45) is -3.75. The fourth-order valence-corrected chi connectivity index (χ4v) is 3.81. The molecule has 2 aromatic carbocycles. The molecule has 2 heterocycles. The molecule has 0 radical (unpaired) electrons. The van der Waals surface area contributed by atoms with Gasteiger partial charge in [-0.2, -0.15) is 13.2 Å². The molecule has 37 heavy (non-hydrogen) atoms. The van der Waals surface area contributed by atoms with Gasteiger partial charge in [-0.25, -0.2) is 0 Å². The lowest BCUT2D eigenvalue weighted by molar-refractivity contribution is -0.138. The van der Waals surface area contributed by atoms with Crippen LogP contribution in [0, 0.1) is 13.8 Å². The fraction of sp³-hybridized carbons (Fsp3) is 0.429. The molecule has 2 aliphatic heterocycles. The number of likely N-dealkylation sites (tertiary alicyclic amines) is 1. The van der Waals surface area contributed by atoms with E-state index in [-0.39, 0.29) is 35.9 Å². The van der Waals surface area contributed by atoms with Crippen molar-refractivity contribution in [3.05, 3.63) is 53.1 Å². The van der Waals surface area contributed by atoms with Gasteiger partial charge in [0, 0.05) is 32.7 Å². The first-order chi connectivity index (χ1) is 17.4. The third-order valence-corrected chi connectivity index (χ3v) is 5.59. The van der Waals surface area contributed by atoms with Crippen molar-refractivity contribution in [1.82, 2.24) is 4.90 Å². The minimum atomic E-state index is -4.60. The predicted molar refractivity (Wildman–Crippen MR) is 138 cm³/mol. The summed E-state index contributed by atoms with van der Waals surface area (Å²) in [4.78, 5) is 46.6. The summed E-state index contributed by atoms with van der Waals surface area (Å²) in [7, 11) is 1.51. The number of carbonyl (C=O) groups is 4. The Morgan fingerprint density at radius 1 is 0.676 bits per heavy atom. The van der Waals surface area contributed by atoms with Crippen LogP contribution in [0.1, 0.15) is 70.1 Å². The second-order valence-corrected chi connectivity index (χ2v) is 8.02. The number of nitrogens with zero attached hydrogens (tertiary/aromatic N) is 2. The number of amides is 4. The van der Waals surface area contributed by atoms with Crippen LogP contribution in [0.25, 0.3) is 11.1 Å². The summed E-state index contributed by atoms with van der Waals surface area (Å²) in [5, 5.41) is 0. The Labute approximate surface area is 216 Å². The van der Waals surface area contributed by atoms with E-state index < -0.39 is 23.6 Å². The molecule has 202 valence electrons. The highest BCUT2D eigenvalue weighted by Crippen LogP contribution is 2.41. The van der Waals surface area contributed by atoms with E-state index in [1.54, 1.807) is 19.1 Å². The van der Waals surface area contributed by atoms with Crippen LogP contribution in [0.5, 0.6) is 0 Å². The second-order valence-electron chi connectivity index (χ2n) is 8.02. The molecule has 0 bridgehead atoms. The van der Waals surface area contributed by atoms with Gasteiger partial charge in [-0.15, -0.1) is 0 Å². The average molecular weight is 521 g/mol. The Kier molecular flexibility index (Phi) is 11.7. The average Bonchev–Trinajstić information content (AvgIpc) is 3.36. The molecule has 9 heteroatoms. The Balaban J connectivity index is 0.000000478. The number of carbonyl (C=O) groups excluding carboxylic acids is 4. The van der Waals surface area contributed by atoms with E-state index in [1.807, 2.05) is 40.7 Å². The molecule has 2 aliphatic rings. The molecule has 4 amide bonds. The van der Waals surface area contributed by atoms with E-state index in [1.165, 1.54) is 24.1 Å². The summed E-state index contributed by atoms with van der Waals surface area (Å²) in [6, 6.07) is 8.83. The minimum Gasteiger partial charge on any atom is -0.286 e. The number of rotatable bonds is 2. The van der Waals surface area contributed by atoms with Gasteiger partial charge in [0.15, 0.2) is 0 Å². The van der Waals surface area contributed by atoms with E-state index in [9.17, 15) is 32.3 Å². The predicted octanol–water partition coefficient (Wildman–Crippen LogP) is 6.46. The summed E-state index contributed by atoms with van der Waals surface area (Å²) < 4.78 is 40.9. The third kappa shape index (κ3) is 7.74. The number of hydrogen-bond acceptors (Lipinski definition) is 4. The summed E-state index contributed by atoms with van der Waals surface area (Å²) in [5.74, 6) is -1.07. The van der Waals surface area contributed by atoms with Gasteiger partial charge in [0.05, 0.1) is 11.3 Å². The van der Waals surface area contributed by atoms with Gasteiger partial charge < -0.3 is 0 Å². The topological polar surface area (TPSA) is 74.8 Å². The first kappa shape index (κ1) is 31.5. The molecular weight excluding hydrogens is 485 g/mol. The maximum atomic E-state index is 13.6. The van der Waals surface area contributed by atoms with Crippen molar-refractivity contribution in [3.63, 3.8) is 0 Å². The first-order valence-electron chi connectivity index (χ1n) is 12.3. The molecule has 0 unspecified atom stereocenters. The first-order valence-corrected chi connectivity index (χ1v) is 12.3. The zero-order valence-electron chi connectivity index (χ0n) is 22.5. The molecule has 0 atom stereocenters. The summed E-state index contributed by atoms with van der Waals surface area (Å²) in [6.45, 7) is 11.6. The van der Waals surface area contributed by atoms with E-state index >= 15 is 0 Å². The summed E-state index contributed by atoms with van der Waals surface area (Å²) >= 11 is 0. The minimum absolute atomic E-state index is 0.0268. The van der Waals surface area contributed by atoms with Gasteiger partial charge in [-0.05, 0) is 42.7 Å². The highest BCUT2D eigenvalue weighted by molar-refractivity contribution is 6.19. The molecule has 4 rings (SSSR count). The smallest absolute Gasteiger partial charge is 0.286 e. The Morgan fingerprint density at radius 2 is 1.14 bits per heavy atom. The lowest BCUT2D eigenvalue weighted by atomic mass is 9.94. The van der Waals surface area contributed by atoms with Crippen molar-refractivity contribution in [2.75, 3.05) is 11.9 Å². The fourth-order valence-electron chi connectivity index (χ4n) is 3.81. The van der Waals surface area contributed by atoms with Gasteiger partial charge in [0.2, 0.25) is 23.6 Å². The van der Waals surface area contributed by atoms with Crippen molar-refractivity contribution < 1.29 is 32.3 Å². The molecule has 0 saturated carbocycles. The van der Waals surface area contributed by atoms with Gasteiger partial charge in [-0.3, -0.25) is 29.0 Å². The SMILES string of the molecule is CC.CC.CN1C(=O)CCC1=O.Cc1ccc(-c2ccc(N3C(=O)CCC3=O)cc2C(F)(F)F)c(C)c1. The van der Waals surface area contributed by atoms with Crippen molar-refractivity contribution >= 4 is 29.3 Å². The van der Waals surface area contributed by atoms with Crippen LogP contribution in [-0.2, 0) is 25.4 Å². The van der Waals surface area contributed by atoms with Crippen LogP contribution in [0.3, 0.4) is 0 Å². The molecule has 2 aromatic rings. The largest absolute Gasteiger partial charge is 0.417 e. The van der Waals surface area contributed by atoms with E-state index in [2.05, 4.69) is 0 Å². The number of imide groups is 2. The highest BCUT2D eigenvalue weighted by atomic mass is 19.4. The number of anilines is 1. The number of benzene rings is 2. The van der Waals surface area contributed by atoms with E-state index in [4.69, 9.17) is 0 Å². The molecule has 2 saturated heterocycles. The maximum Gasteiger partial charge on any atom is 0.417 e. The standard InChI is InChI=1S/C19H16F3NO2.C5H7NO2.2C2H6/c1-11-3-5-14(12(2)9-11)15-6-4-13(10-16(15)19(20,21)22)23-17(24)7-8-18(23)25;1-6-4(7)2-3-5(6)8;2*1-2/h3-6,9-10H,7-8H2,1-2H3;2-3H2,1H3;2*1-2H3. The molecule has 0 N–H and O–H groups in total. The van der Waals surface area contributed by atoms with Crippen molar-refractivity contribution in [3.8, 4) is 11.1 Å². The normalized spacial score (nSPS) is 15.0. The number of halogens is 3. The van der Waals surface area contributed by atoms with E-state index in [0.29, 0.717) is 18.4 Å².